The molecule has 3 aromatic heterocycles. The van der Waals surface area contributed by atoms with Gasteiger partial charge in [-0.1, -0.05) is 6.92 Å². The number of rotatable bonds is 7. The zero-order valence-corrected chi connectivity index (χ0v) is 14.8. The maximum atomic E-state index is 12.8. The Morgan fingerprint density at radius 1 is 1.42 bits per heavy atom. The molecule has 8 nitrogen and oxygen atoms in total. The number of fused-ring (bicyclic) bond motifs is 1. The summed E-state index contributed by atoms with van der Waals surface area (Å²) in [6.07, 6.45) is 2.76. The first-order chi connectivity index (χ1) is 12.5. The van der Waals surface area contributed by atoms with Gasteiger partial charge in [0, 0.05) is 11.8 Å². The van der Waals surface area contributed by atoms with Crippen LogP contribution in [0.3, 0.4) is 0 Å². The minimum Gasteiger partial charge on any atom is -0.478 e. The van der Waals surface area contributed by atoms with E-state index in [1.54, 1.807) is 12.1 Å². The number of aromatic carboxylic acids is 1. The summed E-state index contributed by atoms with van der Waals surface area (Å²) in [5.74, 6) is -0.502. The number of carboxylic acids is 1. The number of nitrogens with zero attached hydrogens (tertiary/aromatic N) is 2. The molecule has 0 radical (unpaired) electrons. The van der Waals surface area contributed by atoms with Gasteiger partial charge < -0.3 is 14.8 Å². The van der Waals surface area contributed by atoms with Gasteiger partial charge in [0.05, 0.1) is 23.8 Å². The van der Waals surface area contributed by atoms with Crippen molar-refractivity contribution < 1.29 is 19.1 Å². The molecule has 3 heterocycles. The molecule has 0 spiro atoms. The summed E-state index contributed by atoms with van der Waals surface area (Å²) in [6, 6.07) is 3.44. The molecule has 3 aromatic rings. The lowest BCUT2D eigenvalue weighted by Crippen LogP contribution is -2.34. The number of furan rings is 1. The molecule has 0 atom stereocenters. The average Bonchev–Trinajstić information content (AvgIpc) is 3.26. The average molecular weight is 375 g/mol. The molecule has 0 aliphatic rings. The zero-order chi connectivity index (χ0) is 18.7. The number of thiophene rings is 1. The molecule has 0 aliphatic heterocycles. The van der Waals surface area contributed by atoms with E-state index in [-0.39, 0.29) is 29.9 Å². The summed E-state index contributed by atoms with van der Waals surface area (Å²) in [4.78, 5) is 41.2. The molecule has 136 valence electrons. The first-order valence-electron chi connectivity index (χ1n) is 8.04. The molecule has 0 unspecified atom stereocenters. The van der Waals surface area contributed by atoms with E-state index in [9.17, 15) is 19.5 Å². The highest BCUT2D eigenvalue weighted by Gasteiger charge is 2.20. The molecule has 0 bridgehead atoms. The predicted octanol–water partition coefficient (Wildman–Crippen LogP) is 2.02. The number of hydrogen-bond acceptors (Lipinski definition) is 6. The van der Waals surface area contributed by atoms with Gasteiger partial charge in [-0.05, 0) is 18.6 Å². The third-order valence-corrected chi connectivity index (χ3v) is 4.69. The van der Waals surface area contributed by atoms with Crippen LogP contribution < -0.4 is 10.9 Å². The van der Waals surface area contributed by atoms with E-state index in [1.807, 2.05) is 6.92 Å². The first kappa shape index (κ1) is 17.9. The van der Waals surface area contributed by atoms with E-state index in [4.69, 9.17) is 4.42 Å². The second-order valence-corrected chi connectivity index (χ2v) is 6.52. The fourth-order valence-electron chi connectivity index (χ4n) is 2.60. The smallest absolute Gasteiger partial charge is 0.337 e. The van der Waals surface area contributed by atoms with Crippen LogP contribution in [0.2, 0.25) is 0 Å². The second-order valence-electron chi connectivity index (χ2n) is 5.66. The van der Waals surface area contributed by atoms with Gasteiger partial charge in [-0.15, -0.1) is 11.3 Å². The Labute approximate surface area is 152 Å². The van der Waals surface area contributed by atoms with E-state index in [2.05, 4.69) is 10.3 Å². The van der Waals surface area contributed by atoms with E-state index in [1.165, 1.54) is 16.2 Å². The van der Waals surface area contributed by atoms with Crippen molar-refractivity contribution in [1.29, 1.82) is 0 Å². The van der Waals surface area contributed by atoms with Gasteiger partial charge in [0.15, 0.2) is 0 Å². The lowest BCUT2D eigenvalue weighted by Gasteiger charge is -2.12. The molecular formula is C17H17N3O5S. The van der Waals surface area contributed by atoms with Crippen molar-refractivity contribution in [3.05, 3.63) is 51.3 Å². The minimum atomic E-state index is -1.19. The molecule has 0 fully saturated rings. The van der Waals surface area contributed by atoms with Gasteiger partial charge in [-0.2, -0.15) is 0 Å². The molecule has 0 aliphatic carbocycles. The third kappa shape index (κ3) is 3.52. The number of aryl methyl sites for hydroxylation is 1. The fraction of sp³-hybridized carbons (Fsp3) is 0.294. The summed E-state index contributed by atoms with van der Waals surface area (Å²) < 4.78 is 6.40. The van der Waals surface area contributed by atoms with Crippen LogP contribution in [0.4, 0.5) is 0 Å². The SMILES string of the molecule is CCCc1nc2scc(C(=O)O)c2c(=O)n1CC(=O)NCc1ccco1. The number of carboxylic acid groups (broad SMARTS) is 1. The Morgan fingerprint density at radius 2 is 2.23 bits per heavy atom. The molecule has 0 aromatic carbocycles. The maximum absolute atomic E-state index is 12.8. The number of nitrogens with one attached hydrogen (secondary N) is 1. The molecule has 0 saturated heterocycles. The first-order valence-corrected chi connectivity index (χ1v) is 8.92. The molecule has 9 heteroatoms. The Balaban J connectivity index is 1.94. The van der Waals surface area contributed by atoms with E-state index < -0.39 is 11.5 Å². The lowest BCUT2D eigenvalue weighted by atomic mass is 10.2. The van der Waals surface area contributed by atoms with Crippen LogP contribution in [0, 0.1) is 0 Å². The van der Waals surface area contributed by atoms with Crippen molar-refractivity contribution in [2.75, 3.05) is 0 Å². The van der Waals surface area contributed by atoms with Crippen molar-refractivity contribution in [2.45, 2.75) is 32.9 Å². The summed E-state index contributed by atoms with van der Waals surface area (Å²) >= 11 is 1.11. The second kappa shape index (κ2) is 7.52. The molecule has 2 N–H and O–H groups in total. The van der Waals surface area contributed by atoms with E-state index in [0.717, 1.165) is 17.8 Å². The third-order valence-electron chi connectivity index (χ3n) is 3.82. The minimum absolute atomic E-state index is 0.0428. The van der Waals surface area contributed by atoms with Gasteiger partial charge in [0.1, 0.15) is 23.0 Å². The van der Waals surface area contributed by atoms with E-state index in [0.29, 0.717) is 22.8 Å². The highest BCUT2D eigenvalue weighted by atomic mass is 32.1. The van der Waals surface area contributed by atoms with Crippen molar-refractivity contribution >= 4 is 33.4 Å². The highest BCUT2D eigenvalue weighted by molar-refractivity contribution is 7.17. The van der Waals surface area contributed by atoms with Crippen LogP contribution in [0.1, 0.15) is 35.3 Å². The van der Waals surface area contributed by atoms with Crippen LogP contribution in [0.15, 0.2) is 33.0 Å². The Kier molecular flexibility index (Phi) is 5.17. The largest absolute Gasteiger partial charge is 0.478 e. The van der Waals surface area contributed by atoms with Crippen molar-refractivity contribution in [3.63, 3.8) is 0 Å². The monoisotopic (exact) mass is 375 g/mol. The number of carbonyl (C=O) groups is 2. The van der Waals surface area contributed by atoms with Crippen molar-refractivity contribution in [3.8, 4) is 0 Å². The molecule has 26 heavy (non-hydrogen) atoms. The summed E-state index contributed by atoms with van der Waals surface area (Å²) in [7, 11) is 0. The van der Waals surface area contributed by atoms with Gasteiger partial charge in [-0.25, -0.2) is 9.78 Å². The molecule has 0 saturated carbocycles. The Hall–Kier alpha value is -2.94. The fourth-order valence-corrected chi connectivity index (χ4v) is 3.52. The highest BCUT2D eigenvalue weighted by Crippen LogP contribution is 2.22. The standard InChI is InChI=1S/C17H17N3O5S/c1-2-4-12-19-15-14(11(9-26-15)17(23)24)16(22)20(12)8-13(21)18-7-10-5-3-6-25-10/h3,5-6,9H,2,4,7-8H2,1H3,(H,18,21)(H,23,24). The molecular weight excluding hydrogens is 358 g/mol. The van der Waals surface area contributed by atoms with Gasteiger partial charge in [0.2, 0.25) is 5.91 Å². The quantitative estimate of drug-likeness (QED) is 0.653. The van der Waals surface area contributed by atoms with E-state index >= 15 is 0 Å². The van der Waals surface area contributed by atoms with Crippen LogP contribution in [-0.4, -0.2) is 26.5 Å². The summed E-state index contributed by atoms with van der Waals surface area (Å²) in [5.41, 5.74) is -0.597. The summed E-state index contributed by atoms with van der Waals surface area (Å²) in [5, 5.41) is 13.4. The van der Waals surface area contributed by atoms with Crippen LogP contribution in [-0.2, 0) is 24.3 Å². The Bertz CT molecular complexity index is 1000. The lowest BCUT2D eigenvalue weighted by molar-refractivity contribution is -0.122. The zero-order valence-electron chi connectivity index (χ0n) is 14.0. The van der Waals surface area contributed by atoms with Crippen LogP contribution >= 0.6 is 11.3 Å². The molecule has 1 amide bonds. The van der Waals surface area contributed by atoms with Gasteiger partial charge in [-0.3, -0.25) is 14.2 Å². The van der Waals surface area contributed by atoms with Gasteiger partial charge >= 0.3 is 5.97 Å². The topological polar surface area (TPSA) is 114 Å². The maximum Gasteiger partial charge on any atom is 0.337 e. The Morgan fingerprint density at radius 3 is 2.88 bits per heavy atom. The summed E-state index contributed by atoms with van der Waals surface area (Å²) in [6.45, 7) is 1.92. The van der Waals surface area contributed by atoms with Gasteiger partial charge in [0.25, 0.3) is 5.56 Å². The number of aromatic nitrogens is 2. The number of amides is 1. The van der Waals surface area contributed by atoms with Crippen molar-refractivity contribution in [1.82, 2.24) is 14.9 Å². The number of hydrogen-bond donors (Lipinski definition) is 2. The molecule has 3 rings (SSSR count). The normalized spacial score (nSPS) is 11.0. The predicted molar refractivity (Wildman–Crippen MR) is 95.4 cm³/mol. The van der Waals surface area contributed by atoms with Crippen molar-refractivity contribution in [2.24, 2.45) is 0 Å². The van der Waals surface area contributed by atoms with Crippen LogP contribution in [0.5, 0.6) is 0 Å². The van der Waals surface area contributed by atoms with Crippen LogP contribution in [0.25, 0.3) is 10.2 Å². The number of carbonyl (C=O) groups excluding carboxylic acids is 1.